The molecule has 2 aromatic carbocycles. The van der Waals surface area contributed by atoms with Crippen molar-refractivity contribution in [2.45, 2.75) is 6.92 Å². The molecular weight excluding hydrogens is 440 g/mol. The number of furan rings is 1. The maximum atomic E-state index is 12.5. The molecule has 1 amide bonds. The first-order chi connectivity index (χ1) is 15.3. The topological polar surface area (TPSA) is 151 Å². The number of carbonyl (C=O) groups excluding carboxylic acids is 1. The van der Waals surface area contributed by atoms with Crippen molar-refractivity contribution >= 4 is 44.7 Å². The molecule has 11 nitrogen and oxygen atoms in total. The third-order valence-corrected chi connectivity index (χ3v) is 5.12. The van der Waals surface area contributed by atoms with Crippen molar-refractivity contribution in [3.05, 3.63) is 73.6 Å². The van der Waals surface area contributed by atoms with Gasteiger partial charge in [-0.2, -0.15) is 0 Å². The molecule has 0 saturated heterocycles. The number of nitrogens with zero attached hydrogens (tertiary/aromatic N) is 3. The van der Waals surface area contributed by atoms with E-state index in [9.17, 15) is 25.0 Å². The Kier molecular flexibility index (Phi) is 5.52. The number of benzene rings is 2. The Morgan fingerprint density at radius 1 is 1.12 bits per heavy atom. The first-order valence-electron chi connectivity index (χ1n) is 9.21. The van der Waals surface area contributed by atoms with Gasteiger partial charge in [0.05, 0.1) is 28.1 Å². The second-order valence-corrected chi connectivity index (χ2v) is 7.35. The second-order valence-electron chi connectivity index (χ2n) is 6.49. The van der Waals surface area contributed by atoms with Crippen molar-refractivity contribution in [1.82, 2.24) is 4.98 Å². The summed E-state index contributed by atoms with van der Waals surface area (Å²) in [7, 11) is 0. The number of carbonyl (C=O) groups is 1. The second kappa shape index (κ2) is 8.43. The predicted octanol–water partition coefficient (Wildman–Crippen LogP) is 5.02. The van der Waals surface area contributed by atoms with Gasteiger partial charge in [-0.15, -0.1) is 11.3 Å². The monoisotopic (exact) mass is 454 g/mol. The largest absolute Gasteiger partial charge is 0.494 e. The van der Waals surface area contributed by atoms with Crippen LogP contribution in [0, 0.1) is 20.2 Å². The minimum absolute atomic E-state index is 0.203. The summed E-state index contributed by atoms with van der Waals surface area (Å²) in [6.45, 7) is 2.43. The Morgan fingerprint density at radius 3 is 2.50 bits per heavy atom. The summed E-state index contributed by atoms with van der Waals surface area (Å²) in [5.74, 6) is 0.435. The number of thiazole rings is 1. The molecule has 4 aromatic rings. The lowest BCUT2D eigenvalue weighted by Crippen LogP contribution is -2.12. The van der Waals surface area contributed by atoms with Crippen LogP contribution in [-0.2, 0) is 0 Å². The Bertz CT molecular complexity index is 1330. The molecule has 0 bridgehead atoms. The number of aromatic nitrogens is 1. The quantitative estimate of drug-likeness (QED) is 0.302. The smallest absolute Gasteiger partial charge is 0.277 e. The van der Waals surface area contributed by atoms with E-state index in [1.54, 1.807) is 23.6 Å². The molecule has 0 unspecified atom stereocenters. The van der Waals surface area contributed by atoms with Gasteiger partial charge >= 0.3 is 0 Å². The number of non-ortho nitro benzene ring substituents is 2. The highest BCUT2D eigenvalue weighted by Gasteiger charge is 2.21. The van der Waals surface area contributed by atoms with Crippen LogP contribution in [0.25, 0.3) is 22.4 Å². The van der Waals surface area contributed by atoms with Crippen molar-refractivity contribution in [2.75, 3.05) is 11.9 Å². The van der Waals surface area contributed by atoms with Gasteiger partial charge in [-0.25, -0.2) is 4.98 Å². The maximum Gasteiger partial charge on any atom is 0.277 e. The van der Waals surface area contributed by atoms with E-state index in [1.165, 1.54) is 0 Å². The van der Waals surface area contributed by atoms with Crippen molar-refractivity contribution in [3.63, 3.8) is 0 Å². The molecule has 12 heteroatoms. The number of anilines is 1. The number of amides is 1. The van der Waals surface area contributed by atoms with Gasteiger partial charge in [-0.3, -0.25) is 30.3 Å². The van der Waals surface area contributed by atoms with Gasteiger partial charge in [0.1, 0.15) is 17.0 Å². The molecule has 0 fully saturated rings. The predicted molar refractivity (Wildman–Crippen MR) is 116 cm³/mol. The fraction of sp³-hybridized carbons (Fsp3) is 0.100. The lowest BCUT2D eigenvalue weighted by molar-refractivity contribution is -0.394. The third-order valence-electron chi connectivity index (χ3n) is 4.36. The summed E-state index contributed by atoms with van der Waals surface area (Å²) in [6.07, 6.45) is 0. The average Bonchev–Trinajstić information content (AvgIpc) is 3.40. The molecule has 0 saturated carbocycles. The summed E-state index contributed by atoms with van der Waals surface area (Å²) in [6, 6.07) is 9.94. The standard InChI is InChI=1S/C20H14N4O7S/c1-2-30-15-3-4-17-11(7-15)8-18(31-17)16-10-32-20(21-16)22-19(25)12-5-13(23(26)27)9-14(6-12)24(28)29/h3-10H,2H2,1H3,(H,21,22,25). The first-order valence-corrected chi connectivity index (χ1v) is 10.1. The zero-order valence-corrected chi connectivity index (χ0v) is 17.3. The average molecular weight is 454 g/mol. The van der Waals surface area contributed by atoms with E-state index in [2.05, 4.69) is 10.3 Å². The summed E-state index contributed by atoms with van der Waals surface area (Å²) in [4.78, 5) is 37.3. The molecule has 32 heavy (non-hydrogen) atoms. The highest BCUT2D eigenvalue weighted by molar-refractivity contribution is 7.14. The number of hydrogen-bond acceptors (Lipinski definition) is 9. The maximum absolute atomic E-state index is 12.5. The third kappa shape index (κ3) is 4.25. The number of nitrogens with one attached hydrogen (secondary N) is 1. The van der Waals surface area contributed by atoms with E-state index in [0.29, 0.717) is 29.4 Å². The van der Waals surface area contributed by atoms with E-state index in [-0.39, 0.29) is 10.7 Å². The van der Waals surface area contributed by atoms with Crippen LogP contribution < -0.4 is 10.1 Å². The van der Waals surface area contributed by atoms with E-state index in [4.69, 9.17) is 9.15 Å². The van der Waals surface area contributed by atoms with Gasteiger partial charge < -0.3 is 9.15 Å². The van der Waals surface area contributed by atoms with Crippen LogP contribution in [0.2, 0.25) is 0 Å². The van der Waals surface area contributed by atoms with Gasteiger partial charge in [0.2, 0.25) is 0 Å². The van der Waals surface area contributed by atoms with E-state index in [1.807, 2.05) is 13.0 Å². The molecule has 0 radical (unpaired) electrons. The molecule has 0 spiro atoms. The first kappa shape index (κ1) is 20.9. The molecular formula is C20H14N4O7S. The summed E-state index contributed by atoms with van der Waals surface area (Å²) < 4.78 is 11.3. The Labute approximate surface area is 183 Å². The van der Waals surface area contributed by atoms with Crippen LogP contribution in [0.1, 0.15) is 17.3 Å². The van der Waals surface area contributed by atoms with Crippen molar-refractivity contribution in [1.29, 1.82) is 0 Å². The fourth-order valence-corrected chi connectivity index (χ4v) is 3.65. The van der Waals surface area contributed by atoms with Gasteiger partial charge in [-0.05, 0) is 31.2 Å². The number of fused-ring (bicyclic) bond motifs is 1. The lowest BCUT2D eigenvalue weighted by atomic mass is 10.1. The van der Waals surface area contributed by atoms with Crippen molar-refractivity contribution < 1.29 is 23.8 Å². The van der Waals surface area contributed by atoms with E-state index < -0.39 is 27.1 Å². The Balaban J connectivity index is 1.57. The highest BCUT2D eigenvalue weighted by atomic mass is 32.1. The van der Waals surface area contributed by atoms with Gasteiger partial charge in [0.15, 0.2) is 10.9 Å². The van der Waals surface area contributed by atoms with Gasteiger partial charge in [-0.1, -0.05) is 0 Å². The Morgan fingerprint density at radius 2 is 1.84 bits per heavy atom. The Hall–Kier alpha value is -4.32. The number of hydrogen-bond donors (Lipinski definition) is 1. The summed E-state index contributed by atoms with van der Waals surface area (Å²) in [5.41, 5.74) is -0.221. The van der Waals surface area contributed by atoms with E-state index >= 15 is 0 Å². The molecule has 1 N–H and O–H groups in total. The molecule has 2 aromatic heterocycles. The minimum atomic E-state index is -0.802. The lowest BCUT2D eigenvalue weighted by Gasteiger charge is -2.02. The normalized spacial score (nSPS) is 10.8. The van der Waals surface area contributed by atoms with Crippen LogP contribution in [0.5, 0.6) is 5.75 Å². The molecule has 0 aliphatic rings. The molecule has 162 valence electrons. The summed E-state index contributed by atoms with van der Waals surface area (Å²) >= 11 is 1.11. The van der Waals surface area contributed by atoms with Crippen LogP contribution >= 0.6 is 11.3 Å². The molecule has 0 atom stereocenters. The minimum Gasteiger partial charge on any atom is -0.494 e. The molecule has 2 heterocycles. The molecule has 4 rings (SSSR count). The zero-order chi connectivity index (χ0) is 22.8. The zero-order valence-electron chi connectivity index (χ0n) is 16.4. The van der Waals surface area contributed by atoms with E-state index in [0.717, 1.165) is 34.9 Å². The van der Waals surface area contributed by atoms with Crippen molar-refractivity contribution in [2.24, 2.45) is 0 Å². The number of rotatable bonds is 7. The fourth-order valence-electron chi connectivity index (χ4n) is 2.95. The van der Waals surface area contributed by atoms with Crippen LogP contribution in [-0.4, -0.2) is 27.3 Å². The van der Waals surface area contributed by atoms with Gasteiger partial charge in [0, 0.05) is 22.9 Å². The highest BCUT2D eigenvalue weighted by Crippen LogP contribution is 2.32. The van der Waals surface area contributed by atoms with Crippen LogP contribution in [0.15, 0.2) is 52.3 Å². The van der Waals surface area contributed by atoms with Gasteiger partial charge in [0.25, 0.3) is 17.3 Å². The molecule has 0 aliphatic carbocycles. The number of nitro groups is 2. The SMILES string of the molecule is CCOc1ccc2oc(-c3csc(NC(=O)c4cc([N+](=O)[O-])cc([N+](=O)[O-])c4)n3)cc2c1. The van der Waals surface area contributed by atoms with Crippen molar-refractivity contribution in [3.8, 4) is 17.2 Å². The number of ether oxygens (including phenoxy) is 1. The number of nitro benzene ring substituents is 2. The molecule has 0 aliphatic heterocycles. The summed E-state index contributed by atoms with van der Waals surface area (Å²) in [5, 5.41) is 27.3. The van der Waals surface area contributed by atoms with Crippen LogP contribution in [0.4, 0.5) is 16.5 Å². The van der Waals surface area contributed by atoms with Crippen LogP contribution in [0.3, 0.4) is 0 Å².